The van der Waals surface area contributed by atoms with Crippen molar-refractivity contribution in [2.24, 2.45) is 5.92 Å². The molecule has 0 aliphatic rings. The lowest BCUT2D eigenvalue weighted by atomic mass is 10.1. The normalized spacial score (nSPS) is 12.1. The van der Waals surface area contributed by atoms with Gasteiger partial charge in [0.25, 0.3) is 10.0 Å². The molecule has 0 aromatic heterocycles. The molecular formula is C30H36ClN3O5S. The molecule has 0 unspecified atom stereocenters. The van der Waals surface area contributed by atoms with Gasteiger partial charge in [-0.2, -0.15) is 0 Å². The average Bonchev–Trinajstić information content (AvgIpc) is 2.95. The molecule has 0 heterocycles. The summed E-state index contributed by atoms with van der Waals surface area (Å²) in [5.41, 5.74) is 1.02. The first-order chi connectivity index (χ1) is 19.1. The van der Waals surface area contributed by atoms with Crippen LogP contribution in [0.1, 0.15) is 32.8 Å². The van der Waals surface area contributed by atoms with E-state index in [4.69, 9.17) is 16.3 Å². The molecule has 3 rings (SSSR count). The number of ether oxygens (including phenoxy) is 1. The van der Waals surface area contributed by atoms with Crippen molar-refractivity contribution in [2.75, 3.05) is 24.5 Å². The number of methoxy groups -OCH3 is 1. The van der Waals surface area contributed by atoms with E-state index in [0.717, 1.165) is 9.87 Å². The van der Waals surface area contributed by atoms with Crippen LogP contribution in [0.4, 0.5) is 5.69 Å². The van der Waals surface area contributed by atoms with Crippen LogP contribution in [0.15, 0.2) is 83.8 Å². The lowest BCUT2D eigenvalue weighted by molar-refractivity contribution is -0.140. The van der Waals surface area contributed by atoms with Gasteiger partial charge < -0.3 is 15.0 Å². The van der Waals surface area contributed by atoms with Crippen molar-refractivity contribution in [2.45, 2.75) is 44.7 Å². The Bertz CT molecular complexity index is 1380. The molecule has 214 valence electrons. The van der Waals surface area contributed by atoms with Crippen molar-refractivity contribution in [1.29, 1.82) is 0 Å². The van der Waals surface area contributed by atoms with Crippen LogP contribution in [0.3, 0.4) is 0 Å². The van der Waals surface area contributed by atoms with Gasteiger partial charge in [-0.3, -0.25) is 13.9 Å². The maximum Gasteiger partial charge on any atom is 0.264 e. The second kappa shape index (κ2) is 14.2. The number of nitrogens with zero attached hydrogens (tertiary/aromatic N) is 2. The van der Waals surface area contributed by atoms with Gasteiger partial charge in [-0.15, -0.1) is 0 Å². The Labute approximate surface area is 241 Å². The first-order valence-corrected chi connectivity index (χ1v) is 14.9. The van der Waals surface area contributed by atoms with E-state index >= 15 is 0 Å². The Balaban J connectivity index is 2.05. The van der Waals surface area contributed by atoms with Crippen molar-refractivity contribution < 1.29 is 22.7 Å². The average molecular weight is 586 g/mol. The molecule has 0 radical (unpaired) electrons. The molecule has 2 amide bonds. The molecule has 1 atom stereocenters. The van der Waals surface area contributed by atoms with E-state index in [0.29, 0.717) is 23.7 Å². The third kappa shape index (κ3) is 7.99. The van der Waals surface area contributed by atoms with Crippen LogP contribution in [-0.4, -0.2) is 51.4 Å². The molecular weight excluding hydrogens is 550 g/mol. The Morgan fingerprint density at radius 2 is 1.65 bits per heavy atom. The SMILES string of the molecule is CC[C@@H](C(=O)NCC(C)C)N(Cc1ccc(Cl)cc1)C(=O)CN(c1cccc(OC)c1)S(=O)(=O)c1ccccc1. The monoisotopic (exact) mass is 585 g/mol. The van der Waals surface area contributed by atoms with E-state index in [9.17, 15) is 18.0 Å². The Morgan fingerprint density at radius 1 is 0.975 bits per heavy atom. The van der Waals surface area contributed by atoms with Crippen LogP contribution in [0.2, 0.25) is 5.02 Å². The zero-order valence-electron chi connectivity index (χ0n) is 23.2. The number of anilines is 1. The number of carbonyl (C=O) groups excluding carboxylic acids is 2. The summed E-state index contributed by atoms with van der Waals surface area (Å²) in [5, 5.41) is 3.46. The van der Waals surface area contributed by atoms with Gasteiger partial charge in [0.15, 0.2) is 0 Å². The van der Waals surface area contributed by atoms with E-state index in [2.05, 4.69) is 5.32 Å². The van der Waals surface area contributed by atoms with Crippen molar-refractivity contribution >= 4 is 39.1 Å². The highest BCUT2D eigenvalue weighted by molar-refractivity contribution is 7.92. The number of nitrogens with one attached hydrogen (secondary N) is 1. The Kier molecular flexibility index (Phi) is 11.0. The predicted molar refractivity (Wildman–Crippen MR) is 158 cm³/mol. The lowest BCUT2D eigenvalue weighted by Crippen LogP contribution is -2.52. The summed E-state index contributed by atoms with van der Waals surface area (Å²) in [6.07, 6.45) is 0.341. The summed E-state index contributed by atoms with van der Waals surface area (Å²) >= 11 is 6.06. The fourth-order valence-electron chi connectivity index (χ4n) is 4.14. The van der Waals surface area contributed by atoms with Crippen LogP contribution < -0.4 is 14.4 Å². The highest BCUT2D eigenvalue weighted by atomic mass is 35.5. The summed E-state index contributed by atoms with van der Waals surface area (Å²) in [5.74, 6) is -0.154. The van der Waals surface area contributed by atoms with Gasteiger partial charge >= 0.3 is 0 Å². The molecule has 0 aliphatic carbocycles. The van der Waals surface area contributed by atoms with E-state index in [-0.39, 0.29) is 29.0 Å². The molecule has 0 spiro atoms. The quantitative estimate of drug-likeness (QED) is 0.300. The fraction of sp³-hybridized carbons (Fsp3) is 0.333. The van der Waals surface area contributed by atoms with Gasteiger partial charge in [0, 0.05) is 24.2 Å². The molecule has 8 nitrogen and oxygen atoms in total. The summed E-state index contributed by atoms with van der Waals surface area (Å²) < 4.78 is 34.1. The molecule has 3 aromatic carbocycles. The zero-order chi connectivity index (χ0) is 29.3. The number of hydrogen-bond donors (Lipinski definition) is 1. The molecule has 40 heavy (non-hydrogen) atoms. The van der Waals surface area contributed by atoms with Crippen LogP contribution in [-0.2, 0) is 26.2 Å². The van der Waals surface area contributed by atoms with Gasteiger partial charge in [-0.1, -0.05) is 68.8 Å². The molecule has 1 N–H and O–H groups in total. The standard InChI is InChI=1S/C30H36ClN3O5S/c1-5-28(30(36)32-19-22(2)3)33(20-23-14-16-24(31)17-15-23)29(35)21-34(25-10-9-11-26(18-25)39-4)40(37,38)27-12-7-6-8-13-27/h6-18,22,28H,5,19-21H2,1-4H3,(H,32,36)/t28-/m0/s1. The highest BCUT2D eigenvalue weighted by Gasteiger charge is 2.33. The first-order valence-electron chi connectivity index (χ1n) is 13.1. The molecule has 0 bridgehead atoms. The number of rotatable bonds is 13. The number of carbonyl (C=O) groups is 2. The number of sulfonamides is 1. The second-order valence-electron chi connectivity index (χ2n) is 9.74. The van der Waals surface area contributed by atoms with E-state index in [1.165, 1.54) is 24.1 Å². The Hall–Kier alpha value is -3.56. The van der Waals surface area contributed by atoms with Crippen molar-refractivity contribution in [3.05, 3.63) is 89.4 Å². The molecule has 10 heteroatoms. The third-order valence-electron chi connectivity index (χ3n) is 6.29. The van der Waals surface area contributed by atoms with Gasteiger partial charge in [0.2, 0.25) is 11.8 Å². The Morgan fingerprint density at radius 3 is 2.25 bits per heavy atom. The van der Waals surface area contributed by atoms with E-state index in [1.807, 2.05) is 20.8 Å². The lowest BCUT2D eigenvalue weighted by Gasteiger charge is -2.33. The van der Waals surface area contributed by atoms with Crippen molar-refractivity contribution in [3.8, 4) is 5.75 Å². The van der Waals surface area contributed by atoms with Gasteiger partial charge in [-0.25, -0.2) is 8.42 Å². The molecule has 3 aromatic rings. The largest absolute Gasteiger partial charge is 0.497 e. The predicted octanol–water partition coefficient (Wildman–Crippen LogP) is 5.12. The van der Waals surface area contributed by atoms with Gasteiger partial charge in [-0.05, 0) is 54.3 Å². The van der Waals surface area contributed by atoms with E-state index in [1.54, 1.807) is 66.7 Å². The van der Waals surface area contributed by atoms with Crippen LogP contribution >= 0.6 is 11.6 Å². The van der Waals surface area contributed by atoms with Gasteiger partial charge in [0.05, 0.1) is 17.7 Å². The number of halogens is 1. The fourth-order valence-corrected chi connectivity index (χ4v) is 5.70. The van der Waals surface area contributed by atoms with Crippen LogP contribution in [0, 0.1) is 5.92 Å². The summed E-state index contributed by atoms with van der Waals surface area (Å²) in [6.45, 7) is 5.82. The van der Waals surface area contributed by atoms with Crippen molar-refractivity contribution in [1.82, 2.24) is 10.2 Å². The van der Waals surface area contributed by atoms with Crippen LogP contribution in [0.25, 0.3) is 0 Å². The van der Waals surface area contributed by atoms with Crippen molar-refractivity contribution in [3.63, 3.8) is 0 Å². The zero-order valence-corrected chi connectivity index (χ0v) is 24.8. The molecule has 0 saturated heterocycles. The minimum atomic E-state index is -4.15. The third-order valence-corrected chi connectivity index (χ3v) is 8.33. The smallest absolute Gasteiger partial charge is 0.264 e. The van der Waals surface area contributed by atoms with E-state index < -0.39 is 28.5 Å². The minimum Gasteiger partial charge on any atom is -0.497 e. The topological polar surface area (TPSA) is 96.0 Å². The summed E-state index contributed by atoms with van der Waals surface area (Å²) in [6, 6.07) is 20.6. The van der Waals surface area contributed by atoms with Gasteiger partial charge in [0.1, 0.15) is 18.3 Å². The number of benzene rings is 3. The minimum absolute atomic E-state index is 0.0385. The first kappa shape index (κ1) is 31.0. The van der Waals surface area contributed by atoms with Crippen LogP contribution in [0.5, 0.6) is 5.75 Å². The maximum atomic E-state index is 14.1. The summed E-state index contributed by atoms with van der Waals surface area (Å²) in [4.78, 5) is 28.8. The maximum absolute atomic E-state index is 14.1. The number of amides is 2. The highest BCUT2D eigenvalue weighted by Crippen LogP contribution is 2.28. The molecule has 0 fully saturated rings. The number of hydrogen-bond acceptors (Lipinski definition) is 5. The summed E-state index contributed by atoms with van der Waals surface area (Å²) in [7, 11) is -2.67. The second-order valence-corrected chi connectivity index (χ2v) is 12.0. The molecule has 0 aliphatic heterocycles. The molecule has 0 saturated carbocycles.